The predicted molar refractivity (Wildman–Crippen MR) is 211 cm³/mol. The molecule has 282 valence electrons. The molecule has 2 fully saturated rings. The molecule has 0 bridgehead atoms. The van der Waals surface area contributed by atoms with Crippen molar-refractivity contribution in [2.75, 3.05) is 32.1 Å². The van der Waals surface area contributed by atoms with Gasteiger partial charge in [-0.15, -0.1) is 0 Å². The van der Waals surface area contributed by atoms with E-state index in [9.17, 15) is 14.7 Å². The molecule has 2 amide bonds. The molecule has 0 unspecified atom stereocenters. The highest BCUT2D eigenvalue weighted by atomic mass is 16.6. The van der Waals surface area contributed by atoms with E-state index in [2.05, 4.69) is 34.2 Å². The summed E-state index contributed by atoms with van der Waals surface area (Å²) in [6, 6.07) is 39.0. The van der Waals surface area contributed by atoms with Crippen molar-refractivity contribution in [3.05, 3.63) is 167 Å². The van der Waals surface area contributed by atoms with Crippen LogP contribution in [-0.2, 0) is 31.1 Å². The lowest BCUT2D eigenvalue weighted by Crippen LogP contribution is -2.53. The zero-order chi connectivity index (χ0) is 38.8. The molecule has 3 aliphatic rings. The van der Waals surface area contributed by atoms with Gasteiger partial charge in [-0.3, -0.25) is 24.2 Å². The highest BCUT2D eigenvalue weighted by Gasteiger charge is 2.74. The molecule has 3 heterocycles. The maximum absolute atomic E-state index is 15.1. The molecule has 0 aliphatic carbocycles. The van der Waals surface area contributed by atoms with Gasteiger partial charge in [0.25, 0.3) is 0 Å². The second-order valence-electron chi connectivity index (χ2n) is 14.5. The smallest absolute Gasteiger partial charge is 0.324 e. The Morgan fingerprint density at radius 3 is 2.25 bits per heavy atom. The second-order valence-corrected chi connectivity index (χ2v) is 14.5. The van der Waals surface area contributed by atoms with Crippen LogP contribution in [0.2, 0.25) is 0 Å². The molecule has 0 aromatic heterocycles. The third-order valence-electron chi connectivity index (χ3n) is 11.1. The van der Waals surface area contributed by atoms with Crippen LogP contribution in [-0.4, -0.2) is 65.5 Å². The average Bonchev–Trinajstić information content (AvgIpc) is 3.69. The van der Waals surface area contributed by atoms with E-state index in [1.807, 2.05) is 115 Å². The van der Waals surface area contributed by atoms with Gasteiger partial charge < -0.3 is 25.6 Å². The number of nitrogens with two attached hydrogens (primary N) is 1. The molecule has 10 nitrogen and oxygen atoms in total. The van der Waals surface area contributed by atoms with E-state index in [4.69, 9.17) is 15.2 Å². The number of nitrogens with zero attached hydrogens (tertiary/aromatic N) is 2. The van der Waals surface area contributed by atoms with E-state index >= 15 is 4.79 Å². The molecule has 1 spiro atoms. The number of hydrogen-bond donors (Lipinski definition) is 3. The first kappa shape index (κ1) is 36.7. The van der Waals surface area contributed by atoms with Gasteiger partial charge in [0.1, 0.15) is 29.9 Å². The Kier molecular flexibility index (Phi) is 10.1. The lowest BCUT2D eigenvalue weighted by Gasteiger charge is -2.46. The van der Waals surface area contributed by atoms with Crippen LogP contribution in [0.25, 0.3) is 0 Å². The summed E-state index contributed by atoms with van der Waals surface area (Å²) in [5, 5.41) is 12.9. The highest BCUT2D eigenvalue weighted by Crippen LogP contribution is 2.65. The normalized spacial score (nSPS) is 23.8. The molecule has 0 radical (unpaired) electrons. The van der Waals surface area contributed by atoms with E-state index in [1.165, 1.54) is 5.56 Å². The molecule has 56 heavy (non-hydrogen) atoms. The number of esters is 1. The van der Waals surface area contributed by atoms with Crippen LogP contribution in [0.3, 0.4) is 0 Å². The number of rotatable bonds is 10. The SMILES string of the molecule is CN(CC#Cc1ccc2c(c1)[C@]1(C(=O)N2)[C@H](C(N)=O)[C@H]2C(=O)O[C@H](c3ccccc3)[C@H](c3ccccc3)N2[C@@H]1c1ccccc1OCCO)Cc1ccccc1. The Balaban J connectivity index is 1.33. The first-order valence-electron chi connectivity index (χ1n) is 18.7. The van der Waals surface area contributed by atoms with Crippen molar-refractivity contribution in [1.29, 1.82) is 0 Å². The topological polar surface area (TPSA) is 134 Å². The Morgan fingerprint density at radius 2 is 1.55 bits per heavy atom. The van der Waals surface area contributed by atoms with E-state index in [0.29, 0.717) is 34.7 Å². The number of carbonyl (C=O) groups excluding carboxylic acids is 3. The molecule has 2 saturated heterocycles. The Bertz CT molecular complexity index is 2310. The van der Waals surface area contributed by atoms with Crippen LogP contribution in [0, 0.1) is 17.8 Å². The largest absolute Gasteiger partial charge is 0.491 e. The Hall–Kier alpha value is -6.25. The molecule has 5 aromatic rings. The third kappa shape index (κ3) is 6.39. The minimum Gasteiger partial charge on any atom is -0.491 e. The van der Waals surface area contributed by atoms with Crippen LogP contribution in [0.1, 0.15) is 51.6 Å². The van der Waals surface area contributed by atoms with Crippen LogP contribution in [0.15, 0.2) is 133 Å². The predicted octanol–water partition coefficient (Wildman–Crippen LogP) is 5.30. The Morgan fingerprint density at radius 1 is 0.893 bits per heavy atom. The van der Waals surface area contributed by atoms with Crippen LogP contribution < -0.4 is 15.8 Å². The fraction of sp³-hybridized carbons (Fsp3) is 0.239. The van der Waals surface area contributed by atoms with Gasteiger partial charge in [-0.25, -0.2) is 0 Å². The Labute approximate surface area is 325 Å². The van der Waals surface area contributed by atoms with Gasteiger partial charge in [0.15, 0.2) is 0 Å². The molecule has 4 N–H and O–H groups in total. The summed E-state index contributed by atoms with van der Waals surface area (Å²) in [6.07, 6.45) is -0.812. The number of para-hydroxylation sites is 1. The average molecular weight is 747 g/mol. The number of primary amides is 1. The number of amides is 2. The van der Waals surface area contributed by atoms with Gasteiger partial charge in [0.2, 0.25) is 11.8 Å². The molecule has 6 atom stereocenters. The maximum Gasteiger partial charge on any atom is 0.324 e. The van der Waals surface area contributed by atoms with Crippen molar-refractivity contribution < 1.29 is 29.0 Å². The van der Waals surface area contributed by atoms with Crippen molar-refractivity contribution in [1.82, 2.24) is 9.80 Å². The lowest BCUT2D eigenvalue weighted by atomic mass is 9.65. The standard InChI is InChI=1S/C46H42N4O6/c1-49(29-31-14-5-2-6-15-31)25-13-16-30-23-24-36-35(28-30)46(45(54)48-36)38(43(47)52)40-44(53)56-41(33-19-9-4-10-20-33)39(32-17-7-3-8-18-32)50(40)42(46)34-21-11-12-22-37(34)55-27-26-51/h2-12,14-15,17-24,28,38-42,51H,25-27,29H2,1H3,(H2,47,52)(H,48,54)/t38-,39-,40-,41+,42+,46-/m0/s1. The lowest BCUT2D eigenvalue weighted by molar-refractivity contribution is -0.178. The quantitative estimate of drug-likeness (QED) is 0.130. The van der Waals surface area contributed by atoms with Crippen molar-refractivity contribution >= 4 is 23.5 Å². The summed E-state index contributed by atoms with van der Waals surface area (Å²) in [7, 11) is 2.00. The molecule has 10 heteroatoms. The van der Waals surface area contributed by atoms with Gasteiger partial charge in [-0.2, -0.15) is 0 Å². The van der Waals surface area contributed by atoms with Crippen LogP contribution >= 0.6 is 0 Å². The zero-order valence-electron chi connectivity index (χ0n) is 30.9. The van der Waals surface area contributed by atoms with E-state index in [1.54, 1.807) is 18.2 Å². The fourth-order valence-electron chi connectivity index (χ4n) is 8.89. The molecule has 3 aliphatic heterocycles. The monoisotopic (exact) mass is 746 g/mol. The van der Waals surface area contributed by atoms with Crippen LogP contribution in [0.5, 0.6) is 5.75 Å². The number of fused-ring (bicyclic) bond motifs is 3. The van der Waals surface area contributed by atoms with Crippen molar-refractivity contribution in [2.45, 2.75) is 36.2 Å². The number of aliphatic hydroxyl groups excluding tert-OH is 1. The molecule has 8 rings (SSSR count). The highest BCUT2D eigenvalue weighted by molar-refractivity contribution is 6.12. The number of nitrogens with one attached hydrogen (secondary N) is 1. The number of morpholine rings is 1. The summed E-state index contributed by atoms with van der Waals surface area (Å²) in [6.45, 7) is 0.942. The van der Waals surface area contributed by atoms with Crippen molar-refractivity contribution in [3.8, 4) is 17.6 Å². The van der Waals surface area contributed by atoms with E-state index in [0.717, 1.165) is 17.7 Å². The first-order chi connectivity index (χ1) is 27.3. The minimum atomic E-state index is -1.73. The number of benzene rings is 5. The summed E-state index contributed by atoms with van der Waals surface area (Å²) >= 11 is 0. The number of anilines is 1. The minimum absolute atomic E-state index is 0.0164. The van der Waals surface area contributed by atoms with Gasteiger partial charge >= 0.3 is 5.97 Å². The van der Waals surface area contributed by atoms with Gasteiger partial charge in [-0.05, 0) is 53.6 Å². The summed E-state index contributed by atoms with van der Waals surface area (Å²) in [4.78, 5) is 48.0. The van der Waals surface area contributed by atoms with Gasteiger partial charge in [0, 0.05) is 23.4 Å². The van der Waals surface area contributed by atoms with E-state index in [-0.39, 0.29) is 13.2 Å². The van der Waals surface area contributed by atoms with Crippen molar-refractivity contribution in [3.63, 3.8) is 0 Å². The number of ether oxygens (including phenoxy) is 2. The number of hydrogen-bond acceptors (Lipinski definition) is 8. The zero-order valence-corrected chi connectivity index (χ0v) is 30.9. The first-order valence-corrected chi connectivity index (χ1v) is 18.7. The third-order valence-corrected chi connectivity index (χ3v) is 11.1. The molecular weight excluding hydrogens is 705 g/mol. The van der Waals surface area contributed by atoms with E-state index < -0.39 is 53.3 Å². The second kappa shape index (κ2) is 15.5. The molecule has 5 aromatic carbocycles. The maximum atomic E-state index is 15.1. The van der Waals surface area contributed by atoms with Crippen LogP contribution in [0.4, 0.5) is 5.69 Å². The fourth-order valence-corrected chi connectivity index (χ4v) is 8.89. The number of cyclic esters (lactones) is 1. The summed E-state index contributed by atoms with van der Waals surface area (Å²) in [5.74, 6) is 3.63. The van der Waals surface area contributed by atoms with Gasteiger partial charge in [0.05, 0.1) is 31.2 Å². The summed E-state index contributed by atoms with van der Waals surface area (Å²) < 4.78 is 12.5. The number of aliphatic hydroxyl groups is 1. The molecule has 0 saturated carbocycles. The van der Waals surface area contributed by atoms with Crippen molar-refractivity contribution in [2.24, 2.45) is 11.7 Å². The summed E-state index contributed by atoms with van der Waals surface area (Å²) in [5.41, 5.74) is 9.59. The molecular formula is C46H42N4O6. The van der Waals surface area contributed by atoms with Gasteiger partial charge in [-0.1, -0.05) is 121 Å². The number of carbonyl (C=O) groups is 3.